The fourth-order valence-electron chi connectivity index (χ4n) is 1.91. The highest BCUT2D eigenvalue weighted by Crippen LogP contribution is 2.18. The van der Waals surface area contributed by atoms with Crippen LogP contribution in [0.2, 0.25) is 0 Å². The van der Waals surface area contributed by atoms with E-state index in [0.29, 0.717) is 0 Å². The van der Waals surface area contributed by atoms with Gasteiger partial charge in [0.2, 0.25) is 0 Å². The molecule has 0 saturated carbocycles. The number of nitrogens with one attached hydrogen (secondary N) is 1. The van der Waals surface area contributed by atoms with Gasteiger partial charge < -0.3 is 10.1 Å². The Kier molecular flexibility index (Phi) is 5.38. The van der Waals surface area contributed by atoms with Gasteiger partial charge in [-0.2, -0.15) is 0 Å². The van der Waals surface area contributed by atoms with Crippen molar-refractivity contribution < 1.29 is 28.0 Å². The van der Waals surface area contributed by atoms with Crippen molar-refractivity contribution in [3.63, 3.8) is 0 Å². The number of non-ortho nitro benzene ring substituents is 1. The van der Waals surface area contributed by atoms with Crippen LogP contribution >= 0.6 is 0 Å². The number of rotatable bonds is 5. The number of benzene rings is 2. The van der Waals surface area contributed by atoms with Gasteiger partial charge in [0.25, 0.3) is 11.6 Å². The minimum absolute atomic E-state index is 0.110. The minimum atomic E-state index is -1.38. The van der Waals surface area contributed by atoms with Crippen LogP contribution in [-0.2, 0) is 9.53 Å². The molecule has 1 N–H and O–H groups in total. The van der Waals surface area contributed by atoms with E-state index in [4.69, 9.17) is 4.74 Å². The van der Waals surface area contributed by atoms with Gasteiger partial charge in [-0.15, -0.1) is 0 Å². The van der Waals surface area contributed by atoms with Crippen LogP contribution in [0.15, 0.2) is 42.5 Å². The number of carbonyl (C=O) groups excluding carboxylic acids is 2. The Morgan fingerprint density at radius 1 is 1.16 bits per heavy atom. The first-order valence-electron chi connectivity index (χ1n) is 7.00. The second-order valence-electron chi connectivity index (χ2n) is 4.94. The number of anilines is 1. The highest BCUT2D eigenvalue weighted by molar-refractivity contribution is 5.97. The Hall–Kier alpha value is -3.36. The molecule has 1 atom stereocenters. The van der Waals surface area contributed by atoms with Crippen molar-refractivity contribution in [1.82, 2.24) is 0 Å². The van der Waals surface area contributed by atoms with Crippen molar-refractivity contribution in [3.8, 4) is 0 Å². The van der Waals surface area contributed by atoms with Crippen LogP contribution in [0.25, 0.3) is 0 Å². The molecule has 0 aliphatic heterocycles. The molecular formula is C16H12F2N2O5. The molecule has 0 fully saturated rings. The summed E-state index contributed by atoms with van der Waals surface area (Å²) < 4.78 is 31.8. The maximum Gasteiger partial charge on any atom is 0.344 e. The average molecular weight is 350 g/mol. The first-order chi connectivity index (χ1) is 11.8. The van der Waals surface area contributed by atoms with E-state index >= 15 is 0 Å². The molecule has 0 aromatic heterocycles. The molecule has 0 aliphatic rings. The number of hydrogen-bond donors (Lipinski definition) is 1. The minimum Gasteiger partial charge on any atom is -0.449 e. The number of nitro benzene ring substituents is 1. The lowest BCUT2D eigenvalue weighted by molar-refractivity contribution is -0.384. The molecule has 1 amide bonds. The van der Waals surface area contributed by atoms with Crippen molar-refractivity contribution in [1.29, 1.82) is 0 Å². The molecule has 0 spiro atoms. The fraction of sp³-hybridized carbons (Fsp3) is 0.125. The number of nitrogens with zero attached hydrogens (tertiary/aromatic N) is 1. The normalized spacial score (nSPS) is 11.5. The molecule has 2 aromatic carbocycles. The lowest BCUT2D eigenvalue weighted by Crippen LogP contribution is -2.30. The molecule has 0 heterocycles. The number of carbonyl (C=O) groups is 2. The summed E-state index contributed by atoms with van der Waals surface area (Å²) in [5.74, 6) is -4.38. The maximum absolute atomic E-state index is 13.5. The smallest absolute Gasteiger partial charge is 0.344 e. The molecule has 2 rings (SSSR count). The van der Waals surface area contributed by atoms with E-state index in [-0.39, 0.29) is 11.4 Å². The van der Waals surface area contributed by atoms with Gasteiger partial charge in [0.15, 0.2) is 6.10 Å². The van der Waals surface area contributed by atoms with Crippen LogP contribution in [0.4, 0.5) is 20.2 Å². The molecule has 0 radical (unpaired) electrons. The van der Waals surface area contributed by atoms with E-state index in [9.17, 15) is 28.5 Å². The molecule has 0 bridgehead atoms. The van der Waals surface area contributed by atoms with Crippen LogP contribution in [0.3, 0.4) is 0 Å². The lowest BCUT2D eigenvalue weighted by atomic mass is 10.2. The van der Waals surface area contributed by atoms with Gasteiger partial charge in [-0.05, 0) is 25.1 Å². The highest BCUT2D eigenvalue weighted by atomic mass is 19.1. The quantitative estimate of drug-likeness (QED) is 0.508. The molecule has 7 nitrogen and oxygen atoms in total. The summed E-state index contributed by atoms with van der Waals surface area (Å²) in [7, 11) is 0. The van der Waals surface area contributed by atoms with E-state index in [1.54, 1.807) is 0 Å². The number of amides is 1. The summed E-state index contributed by atoms with van der Waals surface area (Å²) >= 11 is 0. The monoisotopic (exact) mass is 350 g/mol. The van der Waals surface area contributed by atoms with E-state index in [1.165, 1.54) is 25.1 Å². The standard InChI is InChI=1S/C16H12F2N2O5/c1-9(25-16(22)14-12(17)6-3-7-13(14)18)15(21)19-10-4-2-5-11(8-10)20(23)24/h2-9H,1H3,(H,19,21)/t9-/m0/s1. The van der Waals surface area contributed by atoms with Gasteiger partial charge in [0.1, 0.15) is 17.2 Å². The van der Waals surface area contributed by atoms with E-state index in [0.717, 1.165) is 24.3 Å². The molecule has 0 saturated heterocycles. The van der Waals surface area contributed by atoms with E-state index in [1.807, 2.05) is 0 Å². The Morgan fingerprint density at radius 2 is 1.76 bits per heavy atom. The van der Waals surface area contributed by atoms with Gasteiger partial charge in [0, 0.05) is 17.8 Å². The second kappa shape index (κ2) is 7.47. The second-order valence-corrected chi connectivity index (χ2v) is 4.94. The largest absolute Gasteiger partial charge is 0.449 e. The number of esters is 1. The van der Waals surface area contributed by atoms with Gasteiger partial charge >= 0.3 is 5.97 Å². The number of nitro groups is 1. The van der Waals surface area contributed by atoms with Gasteiger partial charge in [-0.1, -0.05) is 12.1 Å². The van der Waals surface area contributed by atoms with Crippen LogP contribution in [0.1, 0.15) is 17.3 Å². The Morgan fingerprint density at radius 3 is 2.36 bits per heavy atom. The lowest BCUT2D eigenvalue weighted by Gasteiger charge is -2.14. The predicted molar refractivity (Wildman–Crippen MR) is 83.0 cm³/mol. The highest BCUT2D eigenvalue weighted by Gasteiger charge is 2.24. The zero-order chi connectivity index (χ0) is 18.6. The Balaban J connectivity index is 2.06. The predicted octanol–water partition coefficient (Wildman–Crippen LogP) is 3.06. The first kappa shape index (κ1) is 18.0. The molecule has 2 aromatic rings. The van der Waals surface area contributed by atoms with Crippen LogP contribution < -0.4 is 5.32 Å². The zero-order valence-electron chi connectivity index (χ0n) is 12.9. The summed E-state index contributed by atoms with van der Waals surface area (Å²) in [6.07, 6.45) is -1.38. The summed E-state index contributed by atoms with van der Waals surface area (Å²) in [4.78, 5) is 33.9. The topological polar surface area (TPSA) is 98.5 Å². The zero-order valence-corrected chi connectivity index (χ0v) is 12.9. The SMILES string of the molecule is C[C@H](OC(=O)c1c(F)cccc1F)C(=O)Nc1cccc([N+](=O)[O-])c1. The molecule has 25 heavy (non-hydrogen) atoms. The summed E-state index contributed by atoms with van der Waals surface area (Å²) in [6, 6.07) is 7.96. The first-order valence-corrected chi connectivity index (χ1v) is 7.00. The third-order valence-corrected chi connectivity index (χ3v) is 3.14. The number of ether oxygens (including phenoxy) is 1. The number of halogens is 2. The third-order valence-electron chi connectivity index (χ3n) is 3.14. The van der Waals surface area contributed by atoms with Crippen molar-refractivity contribution in [2.75, 3.05) is 5.32 Å². The van der Waals surface area contributed by atoms with E-state index in [2.05, 4.69) is 5.32 Å². The summed E-state index contributed by atoms with van der Waals surface area (Å²) in [6.45, 7) is 1.20. The third kappa shape index (κ3) is 4.34. The van der Waals surface area contributed by atoms with Gasteiger partial charge in [0.05, 0.1) is 4.92 Å². The summed E-state index contributed by atoms with van der Waals surface area (Å²) in [5, 5.41) is 13.0. The molecule has 130 valence electrons. The van der Waals surface area contributed by atoms with E-state index < -0.39 is 40.1 Å². The van der Waals surface area contributed by atoms with Crippen LogP contribution in [-0.4, -0.2) is 22.9 Å². The maximum atomic E-state index is 13.5. The van der Waals surface area contributed by atoms with Gasteiger partial charge in [-0.25, -0.2) is 13.6 Å². The fourth-order valence-corrected chi connectivity index (χ4v) is 1.91. The molecular weight excluding hydrogens is 338 g/mol. The van der Waals surface area contributed by atoms with Crippen LogP contribution in [0, 0.1) is 21.7 Å². The van der Waals surface area contributed by atoms with Crippen molar-refractivity contribution in [2.45, 2.75) is 13.0 Å². The Labute approximate surface area is 140 Å². The van der Waals surface area contributed by atoms with Crippen molar-refractivity contribution in [2.24, 2.45) is 0 Å². The average Bonchev–Trinajstić information content (AvgIpc) is 2.54. The molecule has 0 aliphatic carbocycles. The summed E-state index contributed by atoms with van der Waals surface area (Å²) in [5.41, 5.74) is -1.03. The van der Waals surface area contributed by atoms with Crippen molar-refractivity contribution >= 4 is 23.3 Å². The molecule has 0 unspecified atom stereocenters. The van der Waals surface area contributed by atoms with Gasteiger partial charge in [-0.3, -0.25) is 14.9 Å². The molecule has 9 heteroatoms. The van der Waals surface area contributed by atoms with Crippen molar-refractivity contribution in [3.05, 3.63) is 69.8 Å². The number of hydrogen-bond acceptors (Lipinski definition) is 5. The van der Waals surface area contributed by atoms with Crippen LogP contribution in [0.5, 0.6) is 0 Å². The Bertz CT molecular complexity index is 821.